The lowest BCUT2D eigenvalue weighted by Gasteiger charge is -2.08. The molecule has 0 atom stereocenters. The average Bonchev–Trinajstić information content (AvgIpc) is 2.70. The fourth-order valence-electron chi connectivity index (χ4n) is 2.61. The lowest BCUT2D eigenvalue weighted by atomic mass is 10.0. The highest BCUT2D eigenvalue weighted by Crippen LogP contribution is 2.20. The molecule has 0 radical (unpaired) electrons. The van der Waals surface area contributed by atoms with Crippen LogP contribution in [0.5, 0.6) is 5.75 Å². The molecule has 0 saturated heterocycles. The summed E-state index contributed by atoms with van der Waals surface area (Å²) in [4.78, 5) is 35.4. The third-order valence-electron chi connectivity index (χ3n) is 3.95. The Labute approximate surface area is 150 Å². The highest BCUT2D eigenvalue weighted by atomic mass is 16.5. The summed E-state index contributed by atoms with van der Waals surface area (Å²) in [6.07, 6.45) is 0. The van der Waals surface area contributed by atoms with Crippen LogP contribution in [0.3, 0.4) is 0 Å². The predicted octanol–water partition coefficient (Wildman–Crippen LogP) is 3.46. The minimum absolute atomic E-state index is 0.127. The maximum Gasteiger partial charge on any atom is 0.379 e. The summed E-state index contributed by atoms with van der Waals surface area (Å²) < 4.78 is 9.91. The quantitative estimate of drug-likeness (QED) is 0.388. The number of esters is 1. The minimum atomic E-state index is -0.926. The van der Waals surface area contributed by atoms with Gasteiger partial charge in [-0.2, -0.15) is 0 Å². The van der Waals surface area contributed by atoms with Crippen LogP contribution in [0.4, 0.5) is 0 Å². The van der Waals surface area contributed by atoms with Crippen molar-refractivity contribution < 1.29 is 23.9 Å². The first-order valence-corrected chi connectivity index (χ1v) is 7.96. The van der Waals surface area contributed by atoms with Gasteiger partial charge in [0.15, 0.2) is 6.61 Å². The van der Waals surface area contributed by atoms with E-state index in [0.717, 1.165) is 17.9 Å². The molecule has 0 aliphatic rings. The van der Waals surface area contributed by atoms with E-state index in [-0.39, 0.29) is 18.0 Å². The molecule has 0 amide bonds. The van der Waals surface area contributed by atoms with Gasteiger partial charge in [0.05, 0.1) is 7.11 Å². The van der Waals surface area contributed by atoms with Gasteiger partial charge in [0, 0.05) is 11.1 Å². The van der Waals surface area contributed by atoms with Crippen molar-refractivity contribution >= 4 is 28.3 Å². The summed E-state index contributed by atoms with van der Waals surface area (Å²) >= 11 is 0. The molecule has 0 bridgehead atoms. The molecule has 0 fully saturated rings. The van der Waals surface area contributed by atoms with Crippen LogP contribution in [-0.4, -0.2) is 31.3 Å². The molecule has 0 heterocycles. The summed E-state index contributed by atoms with van der Waals surface area (Å²) in [7, 11) is 1.15. The summed E-state index contributed by atoms with van der Waals surface area (Å²) in [5.41, 5.74) is 0.796. The molecule has 5 heteroatoms. The van der Waals surface area contributed by atoms with Crippen LogP contribution >= 0.6 is 0 Å². The molecular formula is C21H16O5. The molecule has 130 valence electrons. The molecule has 3 aromatic rings. The molecule has 0 aliphatic carbocycles. The van der Waals surface area contributed by atoms with Gasteiger partial charge in [0.1, 0.15) is 5.75 Å². The summed E-state index contributed by atoms with van der Waals surface area (Å²) in [5.74, 6) is -1.37. The van der Waals surface area contributed by atoms with E-state index >= 15 is 0 Å². The highest BCUT2D eigenvalue weighted by Gasteiger charge is 2.16. The van der Waals surface area contributed by atoms with Gasteiger partial charge in [-0.25, -0.2) is 4.79 Å². The van der Waals surface area contributed by atoms with Gasteiger partial charge in [0.2, 0.25) is 5.78 Å². The number of Topliss-reactive ketones (excluding diaryl/α,β-unsaturated/α-hetero) is 2. The zero-order valence-electron chi connectivity index (χ0n) is 14.1. The molecule has 3 aromatic carbocycles. The van der Waals surface area contributed by atoms with Crippen LogP contribution in [0, 0.1) is 0 Å². The van der Waals surface area contributed by atoms with E-state index in [2.05, 4.69) is 4.74 Å². The van der Waals surface area contributed by atoms with Crippen LogP contribution < -0.4 is 4.74 Å². The number of fused-ring (bicyclic) bond motifs is 1. The van der Waals surface area contributed by atoms with Crippen molar-refractivity contribution in [3.63, 3.8) is 0 Å². The Kier molecular flexibility index (Phi) is 5.08. The van der Waals surface area contributed by atoms with Gasteiger partial charge in [-0.05, 0) is 35.0 Å². The van der Waals surface area contributed by atoms with E-state index in [4.69, 9.17) is 4.74 Å². The Balaban J connectivity index is 1.70. The van der Waals surface area contributed by atoms with E-state index in [0.29, 0.717) is 11.3 Å². The second-order valence-corrected chi connectivity index (χ2v) is 5.58. The van der Waals surface area contributed by atoms with Crippen LogP contribution in [0.25, 0.3) is 10.8 Å². The van der Waals surface area contributed by atoms with E-state index in [9.17, 15) is 14.4 Å². The predicted molar refractivity (Wildman–Crippen MR) is 96.6 cm³/mol. The Morgan fingerprint density at radius 1 is 0.846 bits per heavy atom. The number of carbonyl (C=O) groups is 3. The molecule has 0 saturated carbocycles. The van der Waals surface area contributed by atoms with Crippen molar-refractivity contribution in [1.29, 1.82) is 0 Å². The van der Waals surface area contributed by atoms with E-state index in [1.807, 2.05) is 36.4 Å². The molecule has 3 rings (SSSR count). The fourth-order valence-corrected chi connectivity index (χ4v) is 2.61. The van der Waals surface area contributed by atoms with Crippen molar-refractivity contribution in [2.75, 3.05) is 13.7 Å². The van der Waals surface area contributed by atoms with E-state index in [1.165, 1.54) is 24.3 Å². The largest absolute Gasteiger partial charge is 0.485 e. The van der Waals surface area contributed by atoms with Crippen LogP contribution in [0.2, 0.25) is 0 Å². The number of hydrogen-bond acceptors (Lipinski definition) is 5. The van der Waals surface area contributed by atoms with Gasteiger partial charge < -0.3 is 9.47 Å². The summed E-state index contributed by atoms with van der Waals surface area (Å²) in [6.45, 7) is -0.127. The first-order chi connectivity index (χ1) is 12.6. The normalized spacial score (nSPS) is 10.3. The molecule has 0 aromatic heterocycles. The Morgan fingerprint density at radius 3 is 2.27 bits per heavy atom. The zero-order valence-corrected chi connectivity index (χ0v) is 14.1. The molecule has 0 spiro atoms. The molecule has 26 heavy (non-hydrogen) atoms. The van der Waals surface area contributed by atoms with Gasteiger partial charge >= 0.3 is 5.97 Å². The van der Waals surface area contributed by atoms with Crippen LogP contribution in [0.15, 0.2) is 66.7 Å². The first-order valence-electron chi connectivity index (χ1n) is 7.96. The number of benzene rings is 3. The molecule has 0 aliphatic heterocycles. The first kappa shape index (κ1) is 17.4. The Morgan fingerprint density at radius 2 is 1.54 bits per heavy atom. The number of rotatable bonds is 6. The third kappa shape index (κ3) is 3.62. The standard InChI is InChI=1S/C21H16O5/c1-25-21(24)20(23)15-9-11-16(12-10-15)26-13-19(22)18-8-4-6-14-5-2-3-7-17(14)18/h2-12H,13H2,1H3. The Hall–Kier alpha value is -3.47. The highest BCUT2D eigenvalue weighted by molar-refractivity contribution is 6.40. The van der Waals surface area contributed by atoms with E-state index in [1.54, 1.807) is 6.07 Å². The van der Waals surface area contributed by atoms with Crippen molar-refractivity contribution in [3.05, 3.63) is 77.9 Å². The van der Waals surface area contributed by atoms with Gasteiger partial charge in [-0.15, -0.1) is 0 Å². The summed E-state index contributed by atoms with van der Waals surface area (Å²) in [5, 5.41) is 1.87. The monoisotopic (exact) mass is 348 g/mol. The zero-order chi connectivity index (χ0) is 18.5. The minimum Gasteiger partial charge on any atom is -0.485 e. The fraction of sp³-hybridized carbons (Fsp3) is 0.0952. The van der Waals surface area contributed by atoms with Crippen molar-refractivity contribution in [3.8, 4) is 5.75 Å². The van der Waals surface area contributed by atoms with Gasteiger partial charge in [0.25, 0.3) is 5.78 Å². The van der Waals surface area contributed by atoms with Gasteiger partial charge in [-0.3, -0.25) is 9.59 Å². The lowest BCUT2D eigenvalue weighted by molar-refractivity contribution is -0.135. The maximum absolute atomic E-state index is 12.5. The van der Waals surface area contributed by atoms with Crippen LogP contribution in [-0.2, 0) is 9.53 Å². The third-order valence-corrected chi connectivity index (χ3v) is 3.95. The maximum atomic E-state index is 12.5. The van der Waals surface area contributed by atoms with Crippen molar-refractivity contribution in [2.45, 2.75) is 0 Å². The number of ketones is 2. The second kappa shape index (κ2) is 7.61. The molecular weight excluding hydrogens is 332 g/mol. The smallest absolute Gasteiger partial charge is 0.379 e. The molecule has 5 nitrogen and oxygen atoms in total. The SMILES string of the molecule is COC(=O)C(=O)c1ccc(OCC(=O)c2cccc3ccccc23)cc1. The second-order valence-electron chi connectivity index (χ2n) is 5.58. The van der Waals surface area contributed by atoms with Crippen LogP contribution in [0.1, 0.15) is 20.7 Å². The number of hydrogen-bond donors (Lipinski definition) is 0. The molecule has 0 unspecified atom stereocenters. The lowest BCUT2D eigenvalue weighted by Crippen LogP contribution is -2.15. The number of methoxy groups -OCH3 is 1. The number of carbonyl (C=O) groups excluding carboxylic acids is 3. The topological polar surface area (TPSA) is 69.7 Å². The average molecular weight is 348 g/mol. The van der Waals surface area contributed by atoms with Crippen molar-refractivity contribution in [1.82, 2.24) is 0 Å². The van der Waals surface area contributed by atoms with Crippen molar-refractivity contribution in [2.24, 2.45) is 0 Å². The molecule has 0 N–H and O–H groups in total. The van der Waals surface area contributed by atoms with E-state index < -0.39 is 11.8 Å². The van der Waals surface area contributed by atoms with Gasteiger partial charge in [-0.1, -0.05) is 42.5 Å². The Bertz CT molecular complexity index is 968. The summed E-state index contributed by atoms with van der Waals surface area (Å²) in [6, 6.07) is 19.2. The number of ether oxygens (including phenoxy) is 2.